The maximum absolute atomic E-state index is 14.2. The first kappa shape index (κ1) is 25.1. The average Bonchev–Trinajstić information content (AvgIpc) is 3.53. The first-order valence-corrected chi connectivity index (χ1v) is 12.9. The molecule has 196 valence electrons. The second-order valence-electron chi connectivity index (χ2n) is 9.21. The number of para-hydroxylation sites is 1. The van der Waals surface area contributed by atoms with Gasteiger partial charge in [-0.3, -0.25) is 19.0 Å². The van der Waals surface area contributed by atoms with Crippen molar-refractivity contribution in [3.63, 3.8) is 0 Å². The van der Waals surface area contributed by atoms with Gasteiger partial charge in [0.1, 0.15) is 10.7 Å². The van der Waals surface area contributed by atoms with Gasteiger partial charge in [0.2, 0.25) is 0 Å². The number of hydrogen-bond donors (Lipinski definition) is 1. The Bertz CT molecular complexity index is 2040. The lowest BCUT2D eigenvalue weighted by Gasteiger charge is -2.18. The van der Waals surface area contributed by atoms with E-state index in [0.29, 0.717) is 33.5 Å². The van der Waals surface area contributed by atoms with E-state index in [4.69, 9.17) is 22.3 Å². The number of benzene rings is 2. The summed E-state index contributed by atoms with van der Waals surface area (Å²) in [6, 6.07) is 18.3. The van der Waals surface area contributed by atoms with Gasteiger partial charge >= 0.3 is 0 Å². The SMILES string of the molecule is C[C@H](/N=C(\Cl)c1c(N)nn2cccnc12)c1cc2cccc(C#Cc3cnn(C)c3)c2c(=O)n1-c1ccccc1. The highest BCUT2D eigenvalue weighted by Crippen LogP contribution is 2.27. The van der Waals surface area contributed by atoms with Crippen LogP contribution in [0.15, 0.2) is 95.2 Å². The van der Waals surface area contributed by atoms with Crippen molar-refractivity contribution in [3.05, 3.63) is 118 Å². The third-order valence-electron chi connectivity index (χ3n) is 6.50. The zero-order valence-corrected chi connectivity index (χ0v) is 22.4. The summed E-state index contributed by atoms with van der Waals surface area (Å²) in [5.41, 5.74) is 9.65. The Hall–Kier alpha value is -5.20. The molecule has 6 aromatic rings. The highest BCUT2D eigenvalue weighted by molar-refractivity contribution is 6.70. The number of nitrogens with zero attached hydrogens (tertiary/aromatic N) is 7. The van der Waals surface area contributed by atoms with E-state index in [1.807, 2.05) is 74.8 Å². The Morgan fingerprint density at radius 3 is 2.70 bits per heavy atom. The number of fused-ring (bicyclic) bond motifs is 2. The molecule has 4 aromatic heterocycles. The standard InChI is InChI=1S/C30H23ClN8O/c1-19(35-27(31)26-28(32)36-38-15-7-14-33-29(26)38)24-16-22-9-6-8-21(13-12-20-17-34-37(2)18-20)25(22)30(40)39(24)23-10-4-3-5-11-23/h3-11,14-19H,1-2H3,(H2,32,36)/b35-27-/t19-/m0/s1. The Morgan fingerprint density at radius 1 is 1.10 bits per heavy atom. The second-order valence-corrected chi connectivity index (χ2v) is 9.57. The van der Waals surface area contributed by atoms with Crippen molar-refractivity contribution in [2.75, 3.05) is 5.73 Å². The summed E-state index contributed by atoms with van der Waals surface area (Å²) in [5.74, 6) is 6.49. The number of pyridine rings is 1. The van der Waals surface area contributed by atoms with Gasteiger partial charge in [-0.15, -0.1) is 5.10 Å². The molecule has 0 bridgehead atoms. The highest BCUT2D eigenvalue weighted by Gasteiger charge is 2.21. The number of aryl methyl sites for hydroxylation is 1. The molecule has 0 radical (unpaired) electrons. The van der Waals surface area contributed by atoms with Crippen LogP contribution >= 0.6 is 11.6 Å². The number of hydrogen-bond acceptors (Lipinski definition) is 6. The lowest BCUT2D eigenvalue weighted by Crippen LogP contribution is -2.24. The van der Waals surface area contributed by atoms with E-state index in [-0.39, 0.29) is 16.5 Å². The first-order valence-electron chi connectivity index (χ1n) is 12.5. The molecule has 6 rings (SSSR count). The van der Waals surface area contributed by atoms with Gasteiger partial charge in [0.05, 0.1) is 28.9 Å². The Balaban J connectivity index is 1.53. The van der Waals surface area contributed by atoms with E-state index >= 15 is 0 Å². The lowest BCUT2D eigenvalue weighted by molar-refractivity contribution is 0.738. The van der Waals surface area contributed by atoms with Gasteiger partial charge in [-0.1, -0.05) is 53.8 Å². The van der Waals surface area contributed by atoms with Crippen LogP contribution in [-0.4, -0.2) is 34.1 Å². The van der Waals surface area contributed by atoms with Crippen LogP contribution in [0, 0.1) is 11.8 Å². The maximum atomic E-state index is 14.2. The molecule has 0 spiro atoms. The van der Waals surface area contributed by atoms with E-state index in [9.17, 15) is 4.79 Å². The van der Waals surface area contributed by atoms with Crippen LogP contribution in [0.2, 0.25) is 0 Å². The molecular weight excluding hydrogens is 524 g/mol. The minimum absolute atomic E-state index is 0.155. The van der Waals surface area contributed by atoms with Crippen LogP contribution in [-0.2, 0) is 7.05 Å². The van der Waals surface area contributed by atoms with E-state index in [0.717, 1.165) is 10.9 Å². The molecule has 9 nitrogen and oxygen atoms in total. The molecular formula is C30H23ClN8O. The number of halogens is 1. The molecule has 0 saturated carbocycles. The van der Waals surface area contributed by atoms with E-state index in [1.165, 1.54) is 0 Å². The number of aromatic nitrogens is 6. The summed E-state index contributed by atoms with van der Waals surface area (Å²) < 4.78 is 4.90. The molecule has 0 unspecified atom stereocenters. The van der Waals surface area contributed by atoms with E-state index in [1.54, 1.807) is 38.4 Å². The molecule has 0 saturated heterocycles. The topological polar surface area (TPSA) is 108 Å². The van der Waals surface area contributed by atoms with Crippen LogP contribution < -0.4 is 11.3 Å². The molecule has 2 N–H and O–H groups in total. The molecule has 4 heterocycles. The molecule has 0 aliphatic rings. The van der Waals surface area contributed by atoms with Crippen molar-refractivity contribution >= 4 is 39.0 Å². The smallest absolute Gasteiger partial charge is 0.264 e. The van der Waals surface area contributed by atoms with E-state index < -0.39 is 6.04 Å². The normalized spacial score (nSPS) is 12.4. The fourth-order valence-electron chi connectivity index (χ4n) is 4.66. The van der Waals surface area contributed by atoms with E-state index in [2.05, 4.69) is 27.0 Å². The largest absolute Gasteiger partial charge is 0.382 e. The van der Waals surface area contributed by atoms with Crippen molar-refractivity contribution in [2.45, 2.75) is 13.0 Å². The number of nitrogens with two attached hydrogens (primary N) is 1. The van der Waals surface area contributed by atoms with Crippen LogP contribution in [0.4, 0.5) is 5.82 Å². The number of nitrogen functional groups attached to an aromatic ring is 1. The highest BCUT2D eigenvalue weighted by atomic mass is 35.5. The minimum atomic E-state index is -0.520. The van der Waals surface area contributed by atoms with Crippen molar-refractivity contribution < 1.29 is 0 Å². The Labute approximate surface area is 234 Å². The van der Waals surface area contributed by atoms with Gasteiger partial charge in [0.25, 0.3) is 5.56 Å². The van der Waals surface area contributed by atoms with Gasteiger partial charge in [-0.25, -0.2) is 9.50 Å². The first-order chi connectivity index (χ1) is 19.4. The molecule has 0 aliphatic carbocycles. The summed E-state index contributed by atoms with van der Waals surface area (Å²) in [4.78, 5) is 23.3. The quantitative estimate of drug-likeness (QED) is 0.259. The average molecular weight is 547 g/mol. The minimum Gasteiger partial charge on any atom is -0.382 e. The predicted molar refractivity (Wildman–Crippen MR) is 157 cm³/mol. The maximum Gasteiger partial charge on any atom is 0.264 e. The summed E-state index contributed by atoms with van der Waals surface area (Å²) in [5, 5.41) is 9.87. The summed E-state index contributed by atoms with van der Waals surface area (Å²) in [7, 11) is 1.83. The number of rotatable bonds is 4. The monoisotopic (exact) mass is 546 g/mol. The predicted octanol–water partition coefficient (Wildman–Crippen LogP) is 4.50. The molecule has 0 aliphatic heterocycles. The molecule has 0 amide bonds. The fourth-order valence-corrected chi connectivity index (χ4v) is 4.99. The number of anilines is 1. The lowest BCUT2D eigenvalue weighted by atomic mass is 10.0. The van der Waals surface area contributed by atoms with Gasteiger partial charge < -0.3 is 5.73 Å². The van der Waals surface area contributed by atoms with Crippen LogP contribution in [0.5, 0.6) is 0 Å². The number of aliphatic imine (C=N–C) groups is 1. The second kappa shape index (κ2) is 10.2. The van der Waals surface area contributed by atoms with Crippen molar-refractivity contribution in [2.24, 2.45) is 12.0 Å². The van der Waals surface area contributed by atoms with Gasteiger partial charge in [-0.05, 0) is 42.6 Å². The summed E-state index contributed by atoms with van der Waals surface area (Å²) >= 11 is 6.72. The fraction of sp³-hybridized carbons (Fsp3) is 0.100. The van der Waals surface area contributed by atoms with Crippen molar-refractivity contribution in [1.29, 1.82) is 0 Å². The van der Waals surface area contributed by atoms with Crippen molar-refractivity contribution in [1.82, 2.24) is 28.9 Å². The molecule has 0 fully saturated rings. The Kier molecular flexibility index (Phi) is 6.38. The third kappa shape index (κ3) is 4.51. The van der Waals surface area contributed by atoms with Crippen molar-refractivity contribution in [3.8, 4) is 17.5 Å². The Morgan fingerprint density at radius 2 is 1.93 bits per heavy atom. The van der Waals surface area contributed by atoms with Crippen LogP contribution in [0.1, 0.15) is 35.3 Å². The summed E-state index contributed by atoms with van der Waals surface area (Å²) in [6.45, 7) is 1.88. The molecule has 10 heteroatoms. The summed E-state index contributed by atoms with van der Waals surface area (Å²) in [6.07, 6.45) is 6.89. The molecule has 40 heavy (non-hydrogen) atoms. The van der Waals surface area contributed by atoms with Gasteiger partial charge in [0.15, 0.2) is 11.5 Å². The van der Waals surface area contributed by atoms with Crippen LogP contribution in [0.3, 0.4) is 0 Å². The molecule has 1 atom stereocenters. The molecule has 2 aromatic carbocycles. The van der Waals surface area contributed by atoms with Gasteiger partial charge in [-0.2, -0.15) is 5.10 Å². The van der Waals surface area contributed by atoms with Crippen LogP contribution in [0.25, 0.3) is 22.1 Å². The zero-order valence-electron chi connectivity index (χ0n) is 21.7. The third-order valence-corrected chi connectivity index (χ3v) is 6.79. The zero-order chi connectivity index (χ0) is 27.8. The van der Waals surface area contributed by atoms with Gasteiger partial charge in [0, 0.05) is 36.9 Å².